The van der Waals surface area contributed by atoms with Crippen molar-refractivity contribution in [1.29, 1.82) is 0 Å². The number of nitrogens with zero attached hydrogens (tertiary/aromatic N) is 1. The van der Waals surface area contributed by atoms with Crippen molar-refractivity contribution in [1.82, 2.24) is 0 Å². The van der Waals surface area contributed by atoms with E-state index in [1.165, 1.54) is 24.3 Å². The van der Waals surface area contributed by atoms with Crippen LogP contribution in [0.2, 0.25) is 0 Å². The SMILES string of the molecule is O=[N+]([O-])c1ccc(CCOc2cc(F)cc(CBr)c2)cc1. The number of halogens is 2. The van der Waals surface area contributed by atoms with Gasteiger partial charge in [0.15, 0.2) is 0 Å². The average Bonchev–Trinajstić information content (AvgIpc) is 2.47. The predicted molar refractivity (Wildman–Crippen MR) is 81.3 cm³/mol. The third-order valence-electron chi connectivity index (χ3n) is 2.89. The molecule has 6 heteroatoms. The van der Waals surface area contributed by atoms with Gasteiger partial charge in [0.2, 0.25) is 0 Å². The second kappa shape index (κ2) is 7.17. The fourth-order valence-electron chi connectivity index (χ4n) is 1.85. The van der Waals surface area contributed by atoms with Crippen LogP contribution in [-0.4, -0.2) is 11.5 Å². The molecule has 0 aromatic heterocycles. The highest BCUT2D eigenvalue weighted by molar-refractivity contribution is 9.08. The lowest BCUT2D eigenvalue weighted by Crippen LogP contribution is -2.02. The lowest BCUT2D eigenvalue weighted by Gasteiger charge is -2.08. The average molecular weight is 354 g/mol. The Morgan fingerprint density at radius 1 is 1.14 bits per heavy atom. The number of non-ortho nitro benzene ring substituents is 1. The molecule has 2 rings (SSSR count). The van der Waals surface area contributed by atoms with E-state index in [1.54, 1.807) is 18.2 Å². The summed E-state index contributed by atoms with van der Waals surface area (Å²) in [6.45, 7) is 0.378. The number of nitro benzene ring substituents is 1. The van der Waals surface area contributed by atoms with Crippen molar-refractivity contribution in [3.05, 3.63) is 69.5 Å². The van der Waals surface area contributed by atoms with E-state index in [-0.39, 0.29) is 11.5 Å². The molecule has 0 saturated carbocycles. The van der Waals surface area contributed by atoms with Crippen molar-refractivity contribution in [2.45, 2.75) is 11.8 Å². The predicted octanol–water partition coefficient (Wildman–Crippen LogP) is 4.25. The first-order chi connectivity index (χ1) is 10.1. The van der Waals surface area contributed by atoms with Gasteiger partial charge in [-0.3, -0.25) is 10.1 Å². The summed E-state index contributed by atoms with van der Waals surface area (Å²) in [5.74, 6) is 0.142. The molecule has 21 heavy (non-hydrogen) atoms. The molecule has 0 aliphatic rings. The van der Waals surface area contributed by atoms with Gasteiger partial charge in [-0.15, -0.1) is 0 Å². The molecule has 0 bridgehead atoms. The van der Waals surface area contributed by atoms with E-state index in [2.05, 4.69) is 15.9 Å². The van der Waals surface area contributed by atoms with Crippen LogP contribution >= 0.6 is 15.9 Å². The van der Waals surface area contributed by atoms with Crippen LogP contribution in [0.3, 0.4) is 0 Å². The Morgan fingerprint density at radius 3 is 2.48 bits per heavy atom. The lowest BCUT2D eigenvalue weighted by molar-refractivity contribution is -0.384. The van der Waals surface area contributed by atoms with E-state index < -0.39 is 4.92 Å². The topological polar surface area (TPSA) is 52.4 Å². The lowest BCUT2D eigenvalue weighted by atomic mass is 10.1. The third kappa shape index (κ3) is 4.53. The number of nitro groups is 1. The smallest absolute Gasteiger partial charge is 0.269 e. The largest absolute Gasteiger partial charge is 0.493 e. The molecule has 0 aliphatic carbocycles. The molecule has 0 radical (unpaired) electrons. The molecule has 0 spiro atoms. The summed E-state index contributed by atoms with van der Waals surface area (Å²) in [6, 6.07) is 10.8. The summed E-state index contributed by atoms with van der Waals surface area (Å²) in [5, 5.41) is 11.1. The Morgan fingerprint density at radius 2 is 1.86 bits per heavy atom. The Kier molecular flexibility index (Phi) is 5.27. The molecule has 2 aromatic rings. The maximum Gasteiger partial charge on any atom is 0.269 e. The van der Waals surface area contributed by atoms with Crippen molar-refractivity contribution in [2.24, 2.45) is 0 Å². The van der Waals surface area contributed by atoms with Crippen LogP contribution in [0.4, 0.5) is 10.1 Å². The van der Waals surface area contributed by atoms with Crippen molar-refractivity contribution < 1.29 is 14.1 Å². The van der Waals surface area contributed by atoms with Gasteiger partial charge in [-0.05, 0) is 23.3 Å². The van der Waals surface area contributed by atoms with Gasteiger partial charge in [0.05, 0.1) is 11.5 Å². The molecule has 0 N–H and O–H groups in total. The minimum atomic E-state index is -0.436. The summed E-state index contributed by atoms with van der Waals surface area (Å²) < 4.78 is 18.8. The van der Waals surface area contributed by atoms with Gasteiger partial charge in [-0.25, -0.2) is 4.39 Å². The Balaban J connectivity index is 1.92. The number of hydrogen-bond donors (Lipinski definition) is 0. The van der Waals surface area contributed by atoms with Crippen LogP contribution in [0.5, 0.6) is 5.75 Å². The quantitative estimate of drug-likeness (QED) is 0.443. The van der Waals surface area contributed by atoms with E-state index >= 15 is 0 Å². The summed E-state index contributed by atoms with van der Waals surface area (Å²) >= 11 is 3.27. The van der Waals surface area contributed by atoms with Gasteiger partial charge >= 0.3 is 0 Å². The molecule has 2 aromatic carbocycles. The molecule has 0 saturated heterocycles. The molecular weight excluding hydrogens is 341 g/mol. The van der Waals surface area contributed by atoms with E-state index in [4.69, 9.17) is 4.74 Å². The monoisotopic (exact) mass is 353 g/mol. The molecule has 110 valence electrons. The van der Waals surface area contributed by atoms with Gasteiger partial charge in [-0.1, -0.05) is 28.1 Å². The molecule has 4 nitrogen and oxygen atoms in total. The summed E-state index contributed by atoms with van der Waals surface area (Å²) in [5.41, 5.74) is 1.80. The molecule has 0 aliphatic heterocycles. The van der Waals surface area contributed by atoms with Crippen LogP contribution in [0.15, 0.2) is 42.5 Å². The minimum Gasteiger partial charge on any atom is -0.493 e. The first-order valence-corrected chi connectivity index (χ1v) is 7.42. The van der Waals surface area contributed by atoms with Gasteiger partial charge in [0.25, 0.3) is 5.69 Å². The number of rotatable bonds is 6. The molecule has 0 atom stereocenters. The van der Waals surface area contributed by atoms with E-state index in [0.29, 0.717) is 24.1 Å². The third-order valence-corrected chi connectivity index (χ3v) is 3.54. The number of alkyl halides is 1. The second-order valence-electron chi connectivity index (χ2n) is 4.45. The van der Waals surface area contributed by atoms with Crippen molar-refractivity contribution in [3.8, 4) is 5.75 Å². The highest BCUT2D eigenvalue weighted by Crippen LogP contribution is 2.19. The van der Waals surface area contributed by atoms with Crippen LogP contribution in [0, 0.1) is 15.9 Å². The highest BCUT2D eigenvalue weighted by atomic mass is 79.9. The molecular formula is C15H13BrFNO3. The zero-order valence-corrected chi connectivity index (χ0v) is 12.7. The zero-order valence-electron chi connectivity index (χ0n) is 11.1. The van der Waals surface area contributed by atoms with E-state index in [0.717, 1.165) is 11.1 Å². The summed E-state index contributed by atoms with van der Waals surface area (Å²) in [7, 11) is 0. The van der Waals surface area contributed by atoms with Crippen molar-refractivity contribution >= 4 is 21.6 Å². The standard InChI is InChI=1S/C15H13BrFNO3/c16-10-12-7-13(17)9-15(8-12)21-6-5-11-1-3-14(4-2-11)18(19)20/h1-4,7-9H,5-6,10H2. The second-order valence-corrected chi connectivity index (χ2v) is 5.01. The Bertz CT molecular complexity index is 631. The number of ether oxygens (including phenoxy) is 1. The van der Waals surface area contributed by atoms with E-state index in [1.807, 2.05) is 0 Å². The van der Waals surface area contributed by atoms with Crippen LogP contribution in [0.25, 0.3) is 0 Å². The molecule has 0 unspecified atom stereocenters. The first-order valence-electron chi connectivity index (χ1n) is 6.30. The van der Waals surface area contributed by atoms with Crippen LogP contribution in [-0.2, 0) is 11.8 Å². The van der Waals surface area contributed by atoms with Gasteiger partial charge < -0.3 is 4.74 Å². The maximum atomic E-state index is 13.3. The van der Waals surface area contributed by atoms with Gasteiger partial charge in [0, 0.05) is 30.0 Å². The molecule has 0 fully saturated rings. The molecule has 0 heterocycles. The Hall–Kier alpha value is -1.95. The zero-order chi connectivity index (χ0) is 15.2. The van der Waals surface area contributed by atoms with Crippen molar-refractivity contribution in [3.63, 3.8) is 0 Å². The normalized spacial score (nSPS) is 10.4. The Labute approximate surface area is 129 Å². The van der Waals surface area contributed by atoms with Crippen LogP contribution in [0.1, 0.15) is 11.1 Å². The summed E-state index contributed by atoms with van der Waals surface area (Å²) in [6.07, 6.45) is 0.595. The highest BCUT2D eigenvalue weighted by Gasteiger charge is 2.05. The fraction of sp³-hybridized carbons (Fsp3) is 0.200. The van der Waals surface area contributed by atoms with Crippen LogP contribution < -0.4 is 4.74 Å². The van der Waals surface area contributed by atoms with Gasteiger partial charge in [0.1, 0.15) is 11.6 Å². The van der Waals surface area contributed by atoms with Gasteiger partial charge in [-0.2, -0.15) is 0 Å². The fourth-order valence-corrected chi connectivity index (χ4v) is 2.18. The summed E-state index contributed by atoms with van der Waals surface area (Å²) in [4.78, 5) is 10.1. The maximum absolute atomic E-state index is 13.3. The minimum absolute atomic E-state index is 0.0618. The number of hydrogen-bond acceptors (Lipinski definition) is 3. The van der Waals surface area contributed by atoms with Crippen molar-refractivity contribution in [2.75, 3.05) is 6.61 Å². The number of benzene rings is 2. The molecule has 0 amide bonds. The first kappa shape index (κ1) is 15.4. The van der Waals surface area contributed by atoms with E-state index in [9.17, 15) is 14.5 Å².